The van der Waals surface area contributed by atoms with Crippen LogP contribution in [-0.2, 0) is 12.0 Å². The number of fused-ring (bicyclic) bond motifs is 6. The Bertz CT molecular complexity index is 2920. The minimum Gasteiger partial charge on any atom is -0.457 e. The fourth-order valence-corrected chi connectivity index (χ4v) is 8.06. The smallest absolute Gasteiger partial charge is 0.161 e. The Morgan fingerprint density at radius 2 is 1.45 bits per heavy atom. The predicted octanol–water partition coefficient (Wildman–Crippen LogP) is 12.5. The van der Waals surface area contributed by atoms with Gasteiger partial charge >= 0.3 is 0 Å². The molecule has 1 aliphatic heterocycles. The number of aromatic amines is 1. The van der Waals surface area contributed by atoms with E-state index < -0.39 is 0 Å². The van der Waals surface area contributed by atoms with Crippen LogP contribution >= 0.6 is 0 Å². The zero-order valence-electron chi connectivity index (χ0n) is 31.8. The van der Waals surface area contributed by atoms with Gasteiger partial charge in [0.25, 0.3) is 0 Å². The first kappa shape index (κ1) is 34.7. The fraction of sp³-hybridized carbons (Fsp3) is 0.100. The lowest BCUT2D eigenvalue weighted by molar-refractivity contribution is 0.420. The molecule has 6 heteroatoms. The van der Waals surface area contributed by atoms with Crippen molar-refractivity contribution in [3.63, 3.8) is 0 Å². The molecule has 0 amide bonds. The number of aromatic nitrogens is 2. The Balaban J connectivity index is 1.22. The first-order chi connectivity index (χ1) is 27.4. The summed E-state index contributed by atoms with van der Waals surface area (Å²) >= 11 is 0. The summed E-state index contributed by atoms with van der Waals surface area (Å²) in [5, 5.41) is 3.46. The van der Waals surface area contributed by atoms with E-state index in [1.165, 1.54) is 10.8 Å². The lowest BCUT2D eigenvalue weighted by Crippen LogP contribution is -2.24. The molecule has 3 heterocycles. The molecule has 0 saturated heterocycles. The molecule has 0 aliphatic carbocycles. The Morgan fingerprint density at radius 3 is 2.21 bits per heavy atom. The van der Waals surface area contributed by atoms with Gasteiger partial charge in [-0.1, -0.05) is 124 Å². The number of hydrogen-bond acceptors (Lipinski definition) is 2. The first-order valence-electron chi connectivity index (χ1n) is 18.9. The maximum Gasteiger partial charge on any atom is 0.161 e. The van der Waals surface area contributed by atoms with Crippen LogP contribution in [0.4, 0.5) is 0 Å². The van der Waals surface area contributed by atoms with Gasteiger partial charge in [0.2, 0.25) is 0 Å². The Labute approximate surface area is 326 Å². The van der Waals surface area contributed by atoms with E-state index in [1.807, 2.05) is 61.5 Å². The highest BCUT2D eigenvalue weighted by atomic mass is 16.5. The third-order valence-corrected chi connectivity index (χ3v) is 10.9. The summed E-state index contributed by atoms with van der Waals surface area (Å²) < 4.78 is 9.12. The number of aliphatic imine (C=N–C) groups is 3. The number of ether oxygens (including phenoxy) is 1. The van der Waals surface area contributed by atoms with Gasteiger partial charge in [-0.25, -0.2) is 9.98 Å². The third kappa shape index (κ3) is 5.87. The van der Waals surface area contributed by atoms with Gasteiger partial charge < -0.3 is 14.3 Å². The summed E-state index contributed by atoms with van der Waals surface area (Å²) in [4.78, 5) is 18.0. The average molecular weight is 728 g/mol. The molecule has 0 spiro atoms. The molecular weight excluding hydrogens is 687 g/mol. The SMILES string of the molecule is C=Cc1c(/C=C\C)n(-c2cccc(C(=NCc3ccccc3)N=C(N=C)c3ccccc3)c2)c2cc3c(cc12)Oc1cc2[nH]c4ccccc4c2cc1C3(C)C. The number of hydrogen-bond donors (Lipinski definition) is 1. The topological polar surface area (TPSA) is 67.0 Å². The highest BCUT2D eigenvalue weighted by Gasteiger charge is 2.36. The average Bonchev–Trinajstić information content (AvgIpc) is 3.74. The lowest BCUT2D eigenvalue weighted by Gasteiger charge is -2.35. The van der Waals surface area contributed by atoms with Crippen molar-refractivity contribution >= 4 is 63.2 Å². The second-order valence-electron chi connectivity index (χ2n) is 14.6. The Kier molecular flexibility index (Phi) is 8.66. The van der Waals surface area contributed by atoms with Gasteiger partial charge in [0, 0.05) is 66.7 Å². The molecule has 6 aromatic carbocycles. The Morgan fingerprint density at radius 1 is 0.732 bits per heavy atom. The van der Waals surface area contributed by atoms with Crippen molar-refractivity contribution in [3.8, 4) is 17.2 Å². The largest absolute Gasteiger partial charge is 0.457 e. The Hall–Kier alpha value is -7.05. The quantitative estimate of drug-likeness (QED) is 0.129. The number of allylic oxidation sites excluding steroid dienone is 1. The van der Waals surface area contributed by atoms with Crippen molar-refractivity contribution in [1.29, 1.82) is 0 Å². The first-order valence-corrected chi connectivity index (χ1v) is 18.9. The number of benzene rings is 6. The standard InChI is InChI=1S/C50H41N5O/c1-6-17-44-36(7-2)39-28-46-41(50(3,4)40-27-38-37-24-14-15-25-42(37)53-43(38)30-47(40)56-46)29-45(39)55(44)35-23-16-22-34(26-35)49(52-31-32-18-10-8-11-19-32)54-48(51-5)33-20-12-9-13-21-33/h6-30,53H,2,5,31H2,1,3-4H3/b17-6-,52-49?,54-48?. The van der Waals surface area contributed by atoms with Gasteiger partial charge in [-0.3, -0.25) is 4.99 Å². The summed E-state index contributed by atoms with van der Waals surface area (Å²) in [5.74, 6) is 2.80. The van der Waals surface area contributed by atoms with Crippen LogP contribution < -0.4 is 4.74 Å². The highest BCUT2D eigenvalue weighted by Crippen LogP contribution is 2.51. The molecule has 1 aliphatic rings. The van der Waals surface area contributed by atoms with E-state index in [4.69, 9.17) is 14.7 Å². The van der Waals surface area contributed by atoms with E-state index in [9.17, 15) is 0 Å². The van der Waals surface area contributed by atoms with E-state index in [0.717, 1.165) is 78.2 Å². The maximum absolute atomic E-state index is 6.81. The van der Waals surface area contributed by atoms with Gasteiger partial charge in [-0.15, -0.1) is 0 Å². The number of H-pyrrole nitrogens is 1. The van der Waals surface area contributed by atoms with Crippen LogP contribution in [0.3, 0.4) is 0 Å². The maximum atomic E-state index is 6.81. The molecule has 8 aromatic rings. The van der Waals surface area contributed by atoms with Gasteiger partial charge in [0.15, 0.2) is 11.7 Å². The molecule has 2 aromatic heterocycles. The normalized spacial score (nSPS) is 13.9. The second kappa shape index (κ2) is 14.0. The minimum absolute atomic E-state index is 0.354. The summed E-state index contributed by atoms with van der Waals surface area (Å²) in [6.45, 7) is 15.2. The van der Waals surface area contributed by atoms with Crippen molar-refractivity contribution in [2.75, 3.05) is 0 Å². The number of para-hydroxylation sites is 1. The molecule has 272 valence electrons. The highest BCUT2D eigenvalue weighted by molar-refractivity contribution is 6.13. The van der Waals surface area contributed by atoms with Crippen molar-refractivity contribution in [3.05, 3.63) is 185 Å². The molecule has 0 radical (unpaired) electrons. The molecule has 6 nitrogen and oxygen atoms in total. The molecule has 0 saturated carbocycles. The van der Waals surface area contributed by atoms with Crippen molar-refractivity contribution in [1.82, 2.24) is 9.55 Å². The number of nitrogens with zero attached hydrogens (tertiary/aromatic N) is 4. The van der Waals surface area contributed by atoms with Crippen LogP contribution in [0.15, 0.2) is 161 Å². The minimum atomic E-state index is -0.354. The van der Waals surface area contributed by atoms with E-state index in [-0.39, 0.29) is 5.41 Å². The van der Waals surface area contributed by atoms with E-state index in [1.54, 1.807) is 0 Å². The zero-order valence-corrected chi connectivity index (χ0v) is 31.8. The summed E-state index contributed by atoms with van der Waals surface area (Å²) in [7, 11) is 0. The zero-order chi connectivity index (χ0) is 38.4. The van der Waals surface area contributed by atoms with Gasteiger partial charge in [0.1, 0.15) is 11.5 Å². The molecule has 0 unspecified atom stereocenters. The number of nitrogens with one attached hydrogen (secondary N) is 1. The number of rotatable bonds is 7. The van der Waals surface area contributed by atoms with E-state index in [2.05, 4.69) is 139 Å². The number of amidine groups is 2. The van der Waals surface area contributed by atoms with Crippen LogP contribution in [0.1, 0.15) is 59.8 Å². The third-order valence-electron chi connectivity index (χ3n) is 10.9. The van der Waals surface area contributed by atoms with E-state index in [0.29, 0.717) is 18.2 Å². The summed E-state index contributed by atoms with van der Waals surface area (Å²) in [6.07, 6.45) is 6.16. The van der Waals surface area contributed by atoms with Crippen molar-refractivity contribution < 1.29 is 4.74 Å². The van der Waals surface area contributed by atoms with Gasteiger partial charge in [-0.05, 0) is 61.7 Å². The molecule has 0 fully saturated rings. The van der Waals surface area contributed by atoms with Gasteiger partial charge in [0.05, 0.1) is 23.3 Å². The molecular formula is C50H41N5O. The second-order valence-corrected chi connectivity index (χ2v) is 14.6. The van der Waals surface area contributed by atoms with Crippen LogP contribution in [0, 0.1) is 0 Å². The van der Waals surface area contributed by atoms with Crippen molar-refractivity contribution in [2.45, 2.75) is 32.7 Å². The molecule has 0 atom stereocenters. The molecule has 56 heavy (non-hydrogen) atoms. The van der Waals surface area contributed by atoms with Crippen molar-refractivity contribution in [2.24, 2.45) is 15.0 Å². The van der Waals surface area contributed by atoms with Gasteiger partial charge in [-0.2, -0.15) is 0 Å². The lowest BCUT2D eigenvalue weighted by atomic mass is 9.75. The predicted molar refractivity (Wildman–Crippen MR) is 235 cm³/mol. The molecule has 0 bridgehead atoms. The molecule has 1 N–H and O–H groups in total. The van der Waals surface area contributed by atoms with Crippen LogP contribution in [0.5, 0.6) is 11.5 Å². The monoisotopic (exact) mass is 727 g/mol. The summed E-state index contributed by atoms with van der Waals surface area (Å²) in [5.41, 5.74) is 11.0. The van der Waals surface area contributed by atoms with Crippen LogP contribution in [0.25, 0.3) is 50.5 Å². The summed E-state index contributed by atoms with van der Waals surface area (Å²) in [6, 6.07) is 45.9. The van der Waals surface area contributed by atoms with E-state index >= 15 is 0 Å². The molecule has 9 rings (SSSR count). The fourth-order valence-electron chi connectivity index (χ4n) is 8.06. The van der Waals surface area contributed by atoms with Crippen LogP contribution in [0.2, 0.25) is 0 Å². The van der Waals surface area contributed by atoms with Crippen LogP contribution in [-0.4, -0.2) is 27.9 Å².